The molecule has 0 saturated carbocycles. The fraction of sp³-hybridized carbons (Fsp3) is 0.533. The maximum absolute atomic E-state index is 13.7. The van der Waals surface area contributed by atoms with E-state index in [9.17, 15) is 9.59 Å². The monoisotopic (exact) mass is 574 g/mol. The van der Waals surface area contributed by atoms with Crippen molar-refractivity contribution < 1.29 is 14.3 Å². The van der Waals surface area contributed by atoms with Gasteiger partial charge in [-0.05, 0) is 41.9 Å². The first-order valence-electron chi connectivity index (χ1n) is 13.7. The quantitative estimate of drug-likeness (QED) is 0.122. The highest BCUT2D eigenvalue weighted by Crippen LogP contribution is 2.19. The average molecular weight is 575 g/mol. The van der Waals surface area contributed by atoms with Crippen molar-refractivity contribution in [2.45, 2.75) is 63.8 Å². The number of nitrogens with zero attached hydrogens (tertiary/aromatic N) is 1. The predicted molar refractivity (Wildman–Crippen MR) is 166 cm³/mol. The minimum absolute atomic E-state index is 0.0651. The average Bonchev–Trinajstić information content (AvgIpc) is 2.96. The van der Waals surface area contributed by atoms with E-state index in [0.717, 1.165) is 17.5 Å². The molecule has 0 saturated heterocycles. The van der Waals surface area contributed by atoms with Gasteiger partial charge in [-0.15, -0.1) is 0 Å². The van der Waals surface area contributed by atoms with Gasteiger partial charge in [-0.2, -0.15) is 24.4 Å². The molecule has 0 aliphatic carbocycles. The minimum atomic E-state index is -0.835. The lowest BCUT2D eigenvalue weighted by Crippen LogP contribution is -2.53. The number of esters is 2. The summed E-state index contributed by atoms with van der Waals surface area (Å²) < 4.78 is 5.44. The van der Waals surface area contributed by atoms with Crippen LogP contribution in [0.15, 0.2) is 60.7 Å². The molecule has 0 bridgehead atoms. The van der Waals surface area contributed by atoms with Crippen LogP contribution in [0.4, 0.5) is 0 Å². The number of thioether (sulfide) groups is 1. The van der Waals surface area contributed by atoms with Crippen molar-refractivity contribution in [2.24, 2.45) is 17.4 Å². The second-order valence-electron chi connectivity index (χ2n) is 10.1. The van der Waals surface area contributed by atoms with Crippen molar-refractivity contribution in [2.75, 3.05) is 30.9 Å². The normalized spacial score (nSPS) is 15.4. The summed E-state index contributed by atoms with van der Waals surface area (Å²) in [4.78, 5) is 28.6. The Bertz CT molecular complexity index is 967. The smallest absolute Gasteiger partial charge is 0.331 e. The molecule has 2 aromatic rings. The van der Waals surface area contributed by atoms with Crippen LogP contribution < -0.4 is 16.8 Å². The lowest BCUT2D eigenvalue weighted by molar-refractivity contribution is -0.164. The van der Waals surface area contributed by atoms with Crippen LogP contribution in [0.5, 0.6) is 0 Å². The van der Waals surface area contributed by atoms with E-state index in [-0.39, 0.29) is 12.1 Å². The summed E-state index contributed by atoms with van der Waals surface area (Å²) >= 11 is 5.93. The van der Waals surface area contributed by atoms with Crippen LogP contribution in [0.25, 0.3) is 0 Å². The number of hydrogen-bond acceptors (Lipinski definition) is 9. The summed E-state index contributed by atoms with van der Waals surface area (Å²) in [6, 6.07) is 18.3. The van der Waals surface area contributed by atoms with E-state index in [2.05, 4.69) is 36.7 Å². The SMILES string of the molecule is CCC(C)C(CN(Cc1ccccc1)[C@@H](Cc1ccccc1)C(=O)OC(=O)[C@@H](N)CCSC)NC[C@@H](N)CS. The number of carbonyl (C=O) groups excluding carboxylic acids is 2. The zero-order valence-electron chi connectivity index (χ0n) is 23.5. The molecule has 0 aliphatic rings. The van der Waals surface area contributed by atoms with Crippen molar-refractivity contribution in [3.05, 3.63) is 71.8 Å². The van der Waals surface area contributed by atoms with E-state index < -0.39 is 24.0 Å². The molecule has 0 aliphatic heterocycles. The molecule has 216 valence electrons. The number of nitrogens with two attached hydrogens (primary N) is 2. The van der Waals surface area contributed by atoms with E-state index in [0.29, 0.717) is 49.9 Å². The number of thiol groups is 1. The van der Waals surface area contributed by atoms with Crippen LogP contribution >= 0.6 is 24.4 Å². The molecule has 5 N–H and O–H groups in total. The van der Waals surface area contributed by atoms with E-state index in [1.54, 1.807) is 11.8 Å². The van der Waals surface area contributed by atoms with E-state index in [1.165, 1.54) is 0 Å². The van der Waals surface area contributed by atoms with Gasteiger partial charge in [-0.25, -0.2) is 9.59 Å². The van der Waals surface area contributed by atoms with Gasteiger partial charge in [-0.3, -0.25) is 4.90 Å². The summed E-state index contributed by atoms with van der Waals surface area (Å²) in [7, 11) is 0. The summed E-state index contributed by atoms with van der Waals surface area (Å²) in [5.74, 6) is 0.368. The summed E-state index contributed by atoms with van der Waals surface area (Å²) in [5.41, 5.74) is 14.3. The molecule has 5 atom stereocenters. The number of benzene rings is 2. The van der Waals surface area contributed by atoms with E-state index in [4.69, 9.17) is 16.2 Å². The van der Waals surface area contributed by atoms with Gasteiger partial charge in [0.2, 0.25) is 0 Å². The van der Waals surface area contributed by atoms with Gasteiger partial charge in [0.1, 0.15) is 12.1 Å². The first-order chi connectivity index (χ1) is 18.8. The molecule has 39 heavy (non-hydrogen) atoms. The highest BCUT2D eigenvalue weighted by Gasteiger charge is 2.33. The number of carbonyl (C=O) groups is 2. The van der Waals surface area contributed by atoms with E-state index in [1.807, 2.05) is 66.9 Å². The number of rotatable bonds is 18. The Morgan fingerprint density at radius 3 is 2.21 bits per heavy atom. The van der Waals surface area contributed by atoms with Gasteiger partial charge < -0.3 is 21.5 Å². The van der Waals surface area contributed by atoms with Gasteiger partial charge in [0.25, 0.3) is 0 Å². The summed E-state index contributed by atoms with van der Waals surface area (Å²) in [6.07, 6.45) is 3.77. The zero-order valence-corrected chi connectivity index (χ0v) is 25.2. The van der Waals surface area contributed by atoms with E-state index >= 15 is 0 Å². The second kappa shape index (κ2) is 18.5. The topological polar surface area (TPSA) is 111 Å². The molecule has 2 rings (SSSR count). The van der Waals surface area contributed by atoms with Crippen LogP contribution in [0.3, 0.4) is 0 Å². The molecule has 0 radical (unpaired) electrons. The molecule has 0 spiro atoms. The fourth-order valence-electron chi connectivity index (χ4n) is 4.27. The van der Waals surface area contributed by atoms with Crippen molar-refractivity contribution in [1.82, 2.24) is 10.2 Å². The molecule has 9 heteroatoms. The molecule has 7 nitrogen and oxygen atoms in total. The van der Waals surface area contributed by atoms with Crippen LogP contribution in [0.1, 0.15) is 37.8 Å². The molecule has 2 unspecified atom stereocenters. The Labute approximate surface area is 244 Å². The highest BCUT2D eigenvalue weighted by atomic mass is 32.2. The fourth-order valence-corrected chi connectivity index (χ4v) is 4.89. The van der Waals surface area contributed by atoms with Crippen molar-refractivity contribution in [1.29, 1.82) is 0 Å². The zero-order chi connectivity index (χ0) is 28.6. The van der Waals surface area contributed by atoms with Gasteiger partial charge in [0.05, 0.1) is 0 Å². The number of nitrogens with one attached hydrogen (secondary N) is 1. The summed E-state index contributed by atoms with van der Waals surface area (Å²) in [5, 5.41) is 3.62. The van der Waals surface area contributed by atoms with Crippen molar-refractivity contribution in [3.63, 3.8) is 0 Å². The van der Waals surface area contributed by atoms with Gasteiger partial charge in [0, 0.05) is 37.5 Å². The third kappa shape index (κ3) is 12.0. The highest BCUT2D eigenvalue weighted by molar-refractivity contribution is 7.98. The predicted octanol–water partition coefficient (Wildman–Crippen LogP) is 3.51. The largest absolute Gasteiger partial charge is 0.391 e. The third-order valence-corrected chi connectivity index (χ3v) is 8.10. The Morgan fingerprint density at radius 1 is 1.03 bits per heavy atom. The van der Waals surface area contributed by atoms with Crippen LogP contribution in [-0.2, 0) is 27.3 Å². The lowest BCUT2D eigenvalue weighted by Gasteiger charge is -2.36. The first kappa shape index (κ1) is 33.3. The first-order valence-corrected chi connectivity index (χ1v) is 15.7. The Balaban J connectivity index is 2.40. The molecular weight excluding hydrogens is 528 g/mol. The third-order valence-electron chi connectivity index (χ3n) is 6.99. The molecule has 0 fully saturated rings. The molecule has 0 aromatic heterocycles. The van der Waals surface area contributed by atoms with Crippen LogP contribution in [0, 0.1) is 5.92 Å². The van der Waals surface area contributed by atoms with Gasteiger partial charge in [0.15, 0.2) is 0 Å². The lowest BCUT2D eigenvalue weighted by atomic mass is 9.96. The standard InChI is InChI=1S/C30H46N4O3S2/c1-4-22(2)27(33-18-25(31)21-38)20-34(19-24-13-9-6-10-14-24)28(17-23-11-7-5-8-12-23)30(36)37-29(35)26(32)15-16-39-3/h5-14,22,25-28,33,38H,4,15-21,31-32H2,1-3H3/t22?,25-,26+,27?,28+/m1/s1. The number of ether oxygens (including phenoxy) is 1. The van der Waals surface area contributed by atoms with Crippen LogP contribution in [-0.4, -0.2) is 71.9 Å². The minimum Gasteiger partial charge on any atom is -0.391 e. The molecule has 0 heterocycles. The maximum atomic E-state index is 13.7. The Kier molecular flexibility index (Phi) is 15.8. The summed E-state index contributed by atoms with van der Waals surface area (Å²) in [6.45, 7) is 6.07. The van der Waals surface area contributed by atoms with Crippen molar-refractivity contribution >= 4 is 36.3 Å². The Hall–Kier alpha value is -1.88. The van der Waals surface area contributed by atoms with Gasteiger partial charge >= 0.3 is 11.9 Å². The molecule has 0 amide bonds. The van der Waals surface area contributed by atoms with Gasteiger partial charge in [-0.1, -0.05) is 80.9 Å². The van der Waals surface area contributed by atoms with Crippen LogP contribution in [0.2, 0.25) is 0 Å². The second-order valence-corrected chi connectivity index (χ2v) is 11.4. The maximum Gasteiger partial charge on any atom is 0.331 e. The molecular formula is C30H46N4O3S2. The molecule has 2 aromatic carbocycles. The Morgan fingerprint density at radius 2 is 1.64 bits per heavy atom. The van der Waals surface area contributed by atoms with Crippen molar-refractivity contribution in [3.8, 4) is 0 Å². The number of hydrogen-bond donors (Lipinski definition) is 4.